The van der Waals surface area contributed by atoms with Gasteiger partial charge in [-0.3, -0.25) is 9.48 Å². The van der Waals surface area contributed by atoms with Crippen molar-refractivity contribution < 1.29 is 23.1 Å². The third kappa shape index (κ3) is 2.57. The van der Waals surface area contributed by atoms with Crippen molar-refractivity contribution >= 4 is 27.5 Å². The molecule has 0 spiro atoms. The summed E-state index contributed by atoms with van der Waals surface area (Å²) in [7, 11) is 1.52. The SMILES string of the molecule is CCC1=NN(C(=O)c2nn(C)cc2Br)C(O)(C(F)(F)F)C1. The molecule has 1 unspecified atom stereocenters. The van der Waals surface area contributed by atoms with Gasteiger partial charge in [0.2, 0.25) is 0 Å². The molecule has 1 aromatic rings. The van der Waals surface area contributed by atoms with Crippen molar-refractivity contribution in [3.8, 4) is 0 Å². The number of aryl methyl sites for hydroxylation is 1. The molecule has 0 saturated carbocycles. The summed E-state index contributed by atoms with van der Waals surface area (Å²) in [5.41, 5.74) is -3.50. The van der Waals surface area contributed by atoms with Crippen LogP contribution in [0.1, 0.15) is 30.3 Å². The van der Waals surface area contributed by atoms with Crippen LogP contribution in [0, 0.1) is 0 Å². The highest BCUT2D eigenvalue weighted by molar-refractivity contribution is 9.10. The molecule has 1 amide bonds. The predicted molar refractivity (Wildman–Crippen MR) is 70.4 cm³/mol. The van der Waals surface area contributed by atoms with Crippen LogP contribution in [0.4, 0.5) is 13.2 Å². The first-order valence-electron chi connectivity index (χ1n) is 5.99. The van der Waals surface area contributed by atoms with E-state index in [0.29, 0.717) is 0 Å². The zero-order valence-electron chi connectivity index (χ0n) is 11.1. The van der Waals surface area contributed by atoms with Gasteiger partial charge in [-0.1, -0.05) is 6.92 Å². The van der Waals surface area contributed by atoms with Gasteiger partial charge >= 0.3 is 6.18 Å². The topological polar surface area (TPSA) is 70.7 Å². The molecule has 2 heterocycles. The number of hydrogen-bond donors (Lipinski definition) is 1. The molecule has 0 radical (unpaired) electrons. The molecule has 1 N–H and O–H groups in total. The Morgan fingerprint density at radius 3 is 2.62 bits per heavy atom. The summed E-state index contributed by atoms with van der Waals surface area (Å²) in [5, 5.41) is 17.4. The normalized spacial score (nSPS) is 22.6. The van der Waals surface area contributed by atoms with Gasteiger partial charge in [0, 0.05) is 25.4 Å². The molecule has 6 nitrogen and oxygen atoms in total. The number of rotatable bonds is 2. The Kier molecular flexibility index (Phi) is 3.87. The first kappa shape index (κ1) is 16.0. The molecular weight excluding hydrogens is 357 g/mol. The van der Waals surface area contributed by atoms with Gasteiger partial charge in [0.25, 0.3) is 11.6 Å². The van der Waals surface area contributed by atoms with E-state index in [0.717, 1.165) is 0 Å². The Bertz CT molecular complexity index is 613. The third-order valence-corrected chi connectivity index (χ3v) is 3.66. The molecule has 116 valence electrons. The number of hydrogen-bond acceptors (Lipinski definition) is 4. The van der Waals surface area contributed by atoms with Crippen molar-refractivity contribution in [3.05, 3.63) is 16.4 Å². The summed E-state index contributed by atoms with van der Waals surface area (Å²) in [4.78, 5) is 12.3. The number of nitrogens with zero attached hydrogens (tertiary/aromatic N) is 4. The van der Waals surface area contributed by atoms with Crippen LogP contribution in [0.2, 0.25) is 0 Å². The average molecular weight is 369 g/mol. The fraction of sp³-hybridized carbons (Fsp3) is 0.545. The predicted octanol–water partition coefficient (Wildman–Crippen LogP) is 2.05. The highest BCUT2D eigenvalue weighted by Crippen LogP contribution is 2.41. The van der Waals surface area contributed by atoms with Gasteiger partial charge in [0.1, 0.15) is 0 Å². The smallest absolute Gasteiger partial charge is 0.362 e. The van der Waals surface area contributed by atoms with Crippen molar-refractivity contribution in [1.29, 1.82) is 0 Å². The first-order valence-corrected chi connectivity index (χ1v) is 6.78. The summed E-state index contributed by atoms with van der Waals surface area (Å²) >= 11 is 3.04. The Balaban J connectivity index is 2.46. The molecule has 0 saturated heterocycles. The van der Waals surface area contributed by atoms with Crippen molar-refractivity contribution in [2.45, 2.75) is 31.7 Å². The van der Waals surface area contributed by atoms with E-state index in [1.807, 2.05) is 0 Å². The molecular formula is C11H12BrF3N4O2. The quantitative estimate of drug-likeness (QED) is 0.868. The van der Waals surface area contributed by atoms with Crippen molar-refractivity contribution in [2.24, 2.45) is 12.1 Å². The lowest BCUT2D eigenvalue weighted by Gasteiger charge is -2.32. The van der Waals surface area contributed by atoms with Gasteiger partial charge in [-0.2, -0.15) is 28.4 Å². The molecule has 21 heavy (non-hydrogen) atoms. The van der Waals surface area contributed by atoms with Gasteiger partial charge in [-0.05, 0) is 22.4 Å². The van der Waals surface area contributed by atoms with Gasteiger partial charge < -0.3 is 5.11 Å². The van der Waals surface area contributed by atoms with Gasteiger partial charge in [0.15, 0.2) is 5.69 Å². The molecule has 1 atom stereocenters. The Morgan fingerprint density at radius 1 is 1.57 bits per heavy atom. The number of aromatic nitrogens is 2. The minimum atomic E-state index is -5.02. The highest BCUT2D eigenvalue weighted by Gasteiger charge is 2.63. The Morgan fingerprint density at radius 2 is 2.19 bits per heavy atom. The molecule has 10 heteroatoms. The lowest BCUT2D eigenvalue weighted by atomic mass is 10.0. The monoisotopic (exact) mass is 368 g/mol. The number of carbonyl (C=O) groups excluding carboxylic acids is 1. The maximum atomic E-state index is 13.1. The summed E-state index contributed by atoms with van der Waals surface area (Å²) < 4.78 is 40.9. The second kappa shape index (κ2) is 5.09. The van der Waals surface area contributed by atoms with Crippen LogP contribution in [-0.2, 0) is 7.05 Å². The maximum absolute atomic E-state index is 13.1. The van der Waals surface area contributed by atoms with Crippen LogP contribution >= 0.6 is 15.9 Å². The van der Waals surface area contributed by atoms with Crippen LogP contribution in [0.15, 0.2) is 15.8 Å². The number of aliphatic hydroxyl groups is 1. The summed E-state index contributed by atoms with van der Waals surface area (Å²) in [5.74, 6) is -1.12. The summed E-state index contributed by atoms with van der Waals surface area (Å²) in [6.07, 6.45) is -4.17. The largest absolute Gasteiger partial charge is 0.438 e. The Labute approximate surface area is 126 Å². The minimum Gasteiger partial charge on any atom is -0.362 e. The van der Waals surface area contributed by atoms with Gasteiger partial charge in [-0.25, -0.2) is 0 Å². The van der Waals surface area contributed by atoms with Crippen molar-refractivity contribution in [2.75, 3.05) is 0 Å². The number of hydrazone groups is 1. The van der Waals surface area contributed by atoms with Crippen LogP contribution < -0.4 is 0 Å². The molecule has 1 aliphatic rings. The Hall–Kier alpha value is -1.42. The standard InChI is InChI=1S/C11H12BrF3N4O2/c1-3-6-4-10(21,11(13,14)15)19(16-6)9(20)8-7(12)5-18(2)17-8/h5,21H,3-4H2,1-2H3. The molecule has 0 aliphatic carbocycles. The number of halogens is 4. The van der Waals surface area contributed by atoms with E-state index in [1.165, 1.54) is 17.9 Å². The zero-order valence-corrected chi connectivity index (χ0v) is 12.7. The average Bonchev–Trinajstić information content (AvgIpc) is 2.88. The van der Waals surface area contributed by atoms with Gasteiger partial charge in [-0.15, -0.1) is 0 Å². The number of amides is 1. The van der Waals surface area contributed by atoms with E-state index in [9.17, 15) is 23.1 Å². The lowest BCUT2D eigenvalue weighted by Crippen LogP contribution is -2.56. The van der Waals surface area contributed by atoms with E-state index < -0.39 is 24.2 Å². The fourth-order valence-electron chi connectivity index (χ4n) is 1.95. The number of carbonyl (C=O) groups is 1. The molecule has 1 aliphatic heterocycles. The van der Waals surface area contributed by atoms with E-state index in [2.05, 4.69) is 26.1 Å². The first-order chi connectivity index (χ1) is 9.60. The number of alkyl halides is 3. The van der Waals surface area contributed by atoms with Crippen LogP contribution in [0.25, 0.3) is 0 Å². The fourth-order valence-corrected chi connectivity index (χ4v) is 2.50. The van der Waals surface area contributed by atoms with Gasteiger partial charge in [0.05, 0.1) is 4.47 Å². The van der Waals surface area contributed by atoms with Crippen molar-refractivity contribution in [1.82, 2.24) is 14.8 Å². The van der Waals surface area contributed by atoms with E-state index in [4.69, 9.17) is 0 Å². The summed E-state index contributed by atoms with van der Waals surface area (Å²) in [6.45, 7) is 1.60. The van der Waals surface area contributed by atoms with E-state index in [-0.39, 0.29) is 27.3 Å². The molecule has 0 bridgehead atoms. The van der Waals surface area contributed by atoms with Crippen molar-refractivity contribution in [3.63, 3.8) is 0 Å². The van der Waals surface area contributed by atoms with E-state index in [1.54, 1.807) is 6.92 Å². The third-order valence-electron chi connectivity index (χ3n) is 3.08. The van der Waals surface area contributed by atoms with Crippen LogP contribution in [0.3, 0.4) is 0 Å². The second-order valence-corrected chi connectivity index (χ2v) is 5.48. The molecule has 2 rings (SSSR count). The molecule has 0 fully saturated rings. The van der Waals surface area contributed by atoms with E-state index >= 15 is 0 Å². The lowest BCUT2D eigenvalue weighted by molar-refractivity contribution is -0.297. The molecule has 1 aromatic heterocycles. The van der Waals surface area contributed by atoms with Crippen LogP contribution in [0.5, 0.6) is 0 Å². The second-order valence-electron chi connectivity index (χ2n) is 4.63. The summed E-state index contributed by atoms with van der Waals surface area (Å²) in [6, 6.07) is 0. The maximum Gasteiger partial charge on any atom is 0.438 e. The highest BCUT2D eigenvalue weighted by atomic mass is 79.9. The molecule has 0 aromatic carbocycles. The van der Waals surface area contributed by atoms with Crippen LogP contribution in [-0.4, -0.2) is 43.4 Å². The zero-order chi connectivity index (χ0) is 16.0. The minimum absolute atomic E-state index is 0.0684.